The maximum atomic E-state index is 4.50. The van der Waals surface area contributed by atoms with Crippen LogP contribution in [0.25, 0.3) is 0 Å². The van der Waals surface area contributed by atoms with E-state index in [1.165, 1.54) is 19.4 Å². The fourth-order valence-electron chi connectivity index (χ4n) is 1.83. The third-order valence-corrected chi connectivity index (χ3v) is 3.05. The number of hydrogen-bond donors (Lipinski definition) is 1. The van der Waals surface area contributed by atoms with E-state index < -0.39 is 0 Å². The first kappa shape index (κ1) is 11.6. The summed E-state index contributed by atoms with van der Waals surface area (Å²) in [5.74, 6) is 3.04. The second kappa shape index (κ2) is 5.43. The molecule has 90 valence electrons. The Balaban J connectivity index is 1.79. The van der Waals surface area contributed by atoms with E-state index in [1.807, 2.05) is 0 Å². The van der Waals surface area contributed by atoms with E-state index in [-0.39, 0.29) is 0 Å². The van der Waals surface area contributed by atoms with Crippen LogP contribution in [0.15, 0.2) is 0 Å². The zero-order chi connectivity index (χ0) is 11.4. The molecule has 0 saturated heterocycles. The standard InChI is InChI=1S/C12H22N4/c1-3-11-14-12(4-2)16(15-11)8-7-13-9-10-5-6-10/h10,13H,3-9H2,1-2H3. The average Bonchev–Trinajstić information content (AvgIpc) is 3.04. The van der Waals surface area contributed by atoms with Crippen molar-refractivity contribution in [3.8, 4) is 0 Å². The van der Waals surface area contributed by atoms with E-state index in [9.17, 15) is 0 Å². The van der Waals surface area contributed by atoms with Crippen molar-refractivity contribution < 1.29 is 0 Å². The molecule has 1 saturated carbocycles. The van der Waals surface area contributed by atoms with Gasteiger partial charge in [0.05, 0.1) is 6.54 Å². The molecule has 0 spiro atoms. The maximum absolute atomic E-state index is 4.50. The first-order chi connectivity index (χ1) is 7.83. The average molecular weight is 222 g/mol. The van der Waals surface area contributed by atoms with Gasteiger partial charge in [0.2, 0.25) is 0 Å². The smallest absolute Gasteiger partial charge is 0.150 e. The van der Waals surface area contributed by atoms with Crippen molar-refractivity contribution in [2.75, 3.05) is 13.1 Å². The SMILES string of the molecule is CCc1nc(CC)n(CCNCC2CC2)n1. The summed E-state index contributed by atoms with van der Waals surface area (Å²) in [4.78, 5) is 4.50. The maximum Gasteiger partial charge on any atom is 0.150 e. The number of aromatic nitrogens is 3. The highest BCUT2D eigenvalue weighted by Crippen LogP contribution is 2.27. The van der Waals surface area contributed by atoms with Gasteiger partial charge in [0.1, 0.15) is 5.82 Å². The molecule has 1 aromatic heterocycles. The summed E-state index contributed by atoms with van der Waals surface area (Å²) in [7, 11) is 0. The summed E-state index contributed by atoms with van der Waals surface area (Å²) >= 11 is 0. The molecule has 0 radical (unpaired) electrons. The van der Waals surface area contributed by atoms with E-state index in [4.69, 9.17) is 0 Å². The summed E-state index contributed by atoms with van der Waals surface area (Å²) in [5.41, 5.74) is 0. The Morgan fingerprint density at radius 3 is 2.75 bits per heavy atom. The van der Waals surface area contributed by atoms with E-state index in [0.29, 0.717) is 0 Å². The minimum atomic E-state index is 0.926. The van der Waals surface area contributed by atoms with Gasteiger partial charge in [0.15, 0.2) is 5.82 Å². The topological polar surface area (TPSA) is 42.7 Å². The van der Waals surface area contributed by atoms with Crippen LogP contribution in [0.2, 0.25) is 0 Å². The molecule has 1 aliphatic rings. The highest BCUT2D eigenvalue weighted by Gasteiger charge is 2.20. The van der Waals surface area contributed by atoms with Crippen LogP contribution in [0.4, 0.5) is 0 Å². The minimum Gasteiger partial charge on any atom is -0.315 e. The largest absolute Gasteiger partial charge is 0.315 e. The van der Waals surface area contributed by atoms with E-state index in [0.717, 1.165) is 43.5 Å². The summed E-state index contributed by atoms with van der Waals surface area (Å²) in [5, 5.41) is 7.98. The molecule has 0 aromatic carbocycles. The lowest BCUT2D eigenvalue weighted by Gasteiger charge is -2.05. The summed E-state index contributed by atoms with van der Waals surface area (Å²) in [6.45, 7) is 7.37. The monoisotopic (exact) mass is 222 g/mol. The predicted molar refractivity (Wildman–Crippen MR) is 64.4 cm³/mol. The fourth-order valence-corrected chi connectivity index (χ4v) is 1.83. The molecule has 4 heteroatoms. The molecule has 4 nitrogen and oxygen atoms in total. The molecule has 1 heterocycles. The highest BCUT2D eigenvalue weighted by atomic mass is 15.3. The van der Waals surface area contributed by atoms with Crippen molar-refractivity contribution in [1.82, 2.24) is 20.1 Å². The van der Waals surface area contributed by atoms with Gasteiger partial charge < -0.3 is 5.32 Å². The second-order valence-electron chi connectivity index (χ2n) is 4.52. The molecule has 0 amide bonds. The summed E-state index contributed by atoms with van der Waals surface area (Å²) < 4.78 is 2.05. The van der Waals surface area contributed by atoms with Gasteiger partial charge in [-0.1, -0.05) is 13.8 Å². The van der Waals surface area contributed by atoms with Crippen molar-refractivity contribution >= 4 is 0 Å². The molecule has 1 aromatic rings. The van der Waals surface area contributed by atoms with Gasteiger partial charge in [-0.05, 0) is 25.3 Å². The quantitative estimate of drug-likeness (QED) is 0.709. The lowest BCUT2D eigenvalue weighted by atomic mass is 10.4. The molecule has 1 aliphatic carbocycles. The first-order valence-corrected chi connectivity index (χ1v) is 6.46. The van der Waals surface area contributed by atoms with Crippen LogP contribution in [0.1, 0.15) is 38.3 Å². The highest BCUT2D eigenvalue weighted by molar-refractivity contribution is 4.92. The van der Waals surface area contributed by atoms with Crippen molar-refractivity contribution in [3.63, 3.8) is 0 Å². The Kier molecular flexibility index (Phi) is 3.93. The van der Waals surface area contributed by atoms with E-state index >= 15 is 0 Å². The lowest BCUT2D eigenvalue weighted by molar-refractivity contribution is 0.523. The van der Waals surface area contributed by atoms with Crippen molar-refractivity contribution in [1.29, 1.82) is 0 Å². The van der Waals surface area contributed by atoms with Crippen LogP contribution >= 0.6 is 0 Å². The zero-order valence-corrected chi connectivity index (χ0v) is 10.4. The molecule has 1 fully saturated rings. The normalized spacial score (nSPS) is 15.6. The third kappa shape index (κ3) is 3.04. The van der Waals surface area contributed by atoms with Gasteiger partial charge in [-0.25, -0.2) is 9.67 Å². The second-order valence-corrected chi connectivity index (χ2v) is 4.52. The number of hydrogen-bond acceptors (Lipinski definition) is 3. The first-order valence-electron chi connectivity index (χ1n) is 6.46. The Hall–Kier alpha value is -0.900. The van der Waals surface area contributed by atoms with Gasteiger partial charge in [-0.3, -0.25) is 0 Å². The predicted octanol–water partition coefficient (Wildman–Crippen LogP) is 1.40. The Morgan fingerprint density at radius 1 is 1.31 bits per heavy atom. The molecule has 1 N–H and O–H groups in total. The van der Waals surface area contributed by atoms with Crippen molar-refractivity contribution in [2.45, 2.75) is 46.1 Å². The van der Waals surface area contributed by atoms with Gasteiger partial charge in [-0.2, -0.15) is 5.10 Å². The van der Waals surface area contributed by atoms with Crippen molar-refractivity contribution in [3.05, 3.63) is 11.6 Å². The fraction of sp³-hybridized carbons (Fsp3) is 0.833. The molecule has 0 bridgehead atoms. The van der Waals surface area contributed by atoms with Gasteiger partial charge in [-0.15, -0.1) is 0 Å². The Morgan fingerprint density at radius 2 is 2.12 bits per heavy atom. The number of rotatable bonds is 7. The van der Waals surface area contributed by atoms with Crippen molar-refractivity contribution in [2.24, 2.45) is 5.92 Å². The molecular formula is C12H22N4. The van der Waals surface area contributed by atoms with Crippen LogP contribution in [-0.4, -0.2) is 27.9 Å². The van der Waals surface area contributed by atoms with Crippen LogP contribution in [0.3, 0.4) is 0 Å². The Labute approximate surface area is 97.5 Å². The molecule has 0 unspecified atom stereocenters. The molecule has 0 atom stereocenters. The third-order valence-electron chi connectivity index (χ3n) is 3.05. The van der Waals surface area contributed by atoms with E-state index in [1.54, 1.807) is 0 Å². The van der Waals surface area contributed by atoms with Gasteiger partial charge >= 0.3 is 0 Å². The van der Waals surface area contributed by atoms with Gasteiger partial charge in [0.25, 0.3) is 0 Å². The summed E-state index contributed by atoms with van der Waals surface area (Å²) in [6.07, 6.45) is 4.72. The lowest BCUT2D eigenvalue weighted by Crippen LogP contribution is -2.23. The van der Waals surface area contributed by atoms with Crippen LogP contribution < -0.4 is 5.32 Å². The van der Waals surface area contributed by atoms with Gasteiger partial charge in [0, 0.05) is 19.4 Å². The molecule has 0 aliphatic heterocycles. The van der Waals surface area contributed by atoms with E-state index in [2.05, 4.69) is 33.9 Å². The van der Waals surface area contributed by atoms with Crippen LogP contribution in [0.5, 0.6) is 0 Å². The van der Waals surface area contributed by atoms with Crippen LogP contribution in [-0.2, 0) is 19.4 Å². The zero-order valence-electron chi connectivity index (χ0n) is 10.4. The number of nitrogens with one attached hydrogen (secondary N) is 1. The molecule has 16 heavy (non-hydrogen) atoms. The number of aryl methyl sites for hydroxylation is 2. The molecular weight excluding hydrogens is 200 g/mol. The molecule has 2 rings (SSSR count). The Bertz CT molecular complexity index is 328. The number of nitrogens with zero attached hydrogens (tertiary/aromatic N) is 3. The minimum absolute atomic E-state index is 0.926. The summed E-state index contributed by atoms with van der Waals surface area (Å²) in [6, 6.07) is 0. The van der Waals surface area contributed by atoms with Crippen LogP contribution in [0, 0.1) is 5.92 Å².